The zero-order valence-electron chi connectivity index (χ0n) is 7.41. The SMILES string of the molecule is CC(=O)[O-].Cc1ccccc1.[Hg+]. The summed E-state index contributed by atoms with van der Waals surface area (Å²) in [6, 6.07) is 10.3. The van der Waals surface area contributed by atoms with Crippen LogP contribution in [0.5, 0.6) is 0 Å². The van der Waals surface area contributed by atoms with E-state index in [0.29, 0.717) is 0 Å². The van der Waals surface area contributed by atoms with Crippen LogP contribution >= 0.6 is 0 Å². The minimum Gasteiger partial charge on any atom is -0.550 e. The predicted molar refractivity (Wildman–Crippen MR) is 41.9 cm³/mol. The average molecular weight is 352 g/mol. The summed E-state index contributed by atoms with van der Waals surface area (Å²) in [5.74, 6) is -1.08. The van der Waals surface area contributed by atoms with E-state index in [9.17, 15) is 0 Å². The van der Waals surface area contributed by atoms with E-state index in [0.717, 1.165) is 6.92 Å². The summed E-state index contributed by atoms with van der Waals surface area (Å²) in [5.41, 5.74) is 1.32. The summed E-state index contributed by atoms with van der Waals surface area (Å²) in [4.78, 5) is 8.89. The topological polar surface area (TPSA) is 40.1 Å². The van der Waals surface area contributed by atoms with Gasteiger partial charge in [-0.05, 0) is 13.8 Å². The number of rotatable bonds is 0. The first kappa shape index (κ1) is 14.2. The van der Waals surface area contributed by atoms with Crippen molar-refractivity contribution in [1.29, 1.82) is 0 Å². The number of carboxylic acids is 1. The smallest absolute Gasteiger partial charge is 0.550 e. The fourth-order valence-corrected chi connectivity index (χ4v) is 0.534. The van der Waals surface area contributed by atoms with Gasteiger partial charge in [-0.25, -0.2) is 0 Å². The number of carbonyl (C=O) groups excluding carboxylic acids is 1. The molecular formula is C9H11HgO2. The molecular weight excluding hydrogens is 341 g/mol. The van der Waals surface area contributed by atoms with E-state index < -0.39 is 5.97 Å². The zero-order valence-corrected chi connectivity index (χ0v) is 12.9. The van der Waals surface area contributed by atoms with Gasteiger partial charge >= 0.3 is 27.7 Å². The van der Waals surface area contributed by atoms with E-state index in [4.69, 9.17) is 9.90 Å². The molecule has 1 radical (unpaired) electrons. The monoisotopic (exact) mass is 353 g/mol. The van der Waals surface area contributed by atoms with Crippen LogP contribution in [0.2, 0.25) is 0 Å². The maximum Gasteiger partial charge on any atom is 1.00 e. The van der Waals surface area contributed by atoms with Gasteiger partial charge in [0.25, 0.3) is 0 Å². The predicted octanol–water partition coefficient (Wildman–Crippen LogP) is 0.749. The summed E-state index contributed by atoms with van der Waals surface area (Å²) in [5, 5.41) is 8.89. The van der Waals surface area contributed by atoms with E-state index in [1.54, 1.807) is 0 Å². The Morgan fingerprint density at radius 2 is 1.58 bits per heavy atom. The number of carbonyl (C=O) groups is 1. The number of benzene rings is 1. The number of hydrogen-bond acceptors (Lipinski definition) is 2. The first-order valence-corrected chi connectivity index (χ1v) is 3.32. The summed E-state index contributed by atoms with van der Waals surface area (Å²) in [6.45, 7) is 3.06. The molecule has 0 N–H and O–H groups in total. The second kappa shape index (κ2) is 8.72. The van der Waals surface area contributed by atoms with Crippen molar-refractivity contribution in [2.24, 2.45) is 0 Å². The molecule has 0 spiro atoms. The third kappa shape index (κ3) is 12.3. The summed E-state index contributed by atoms with van der Waals surface area (Å²) < 4.78 is 0. The minimum absolute atomic E-state index is 0. The van der Waals surface area contributed by atoms with Crippen LogP contribution in [0.15, 0.2) is 30.3 Å². The summed E-state index contributed by atoms with van der Waals surface area (Å²) in [7, 11) is 0. The molecule has 0 unspecified atom stereocenters. The van der Waals surface area contributed by atoms with Crippen LogP contribution in [0.25, 0.3) is 0 Å². The van der Waals surface area contributed by atoms with Crippen molar-refractivity contribution in [2.45, 2.75) is 13.8 Å². The van der Waals surface area contributed by atoms with Gasteiger partial charge in [0.2, 0.25) is 0 Å². The zero-order chi connectivity index (χ0) is 8.69. The standard InChI is InChI=1S/C7H8.C2H4O2.Hg/c1-7-5-3-2-4-6-7;1-2(3)4;/h2-6H,1H3;1H3,(H,3,4);/q;;+1/p-1. The molecule has 3 heteroatoms. The fraction of sp³-hybridized carbons (Fsp3) is 0.222. The third-order valence-electron chi connectivity index (χ3n) is 0.940. The normalized spacial score (nSPS) is 7.17. The van der Waals surface area contributed by atoms with Crippen molar-refractivity contribution in [3.05, 3.63) is 35.9 Å². The molecule has 0 aliphatic heterocycles. The van der Waals surface area contributed by atoms with E-state index in [1.165, 1.54) is 5.56 Å². The number of aliphatic carboxylic acids is 1. The Balaban J connectivity index is 0. The second-order valence-corrected chi connectivity index (χ2v) is 2.15. The van der Waals surface area contributed by atoms with Crippen LogP contribution in [0.1, 0.15) is 12.5 Å². The molecule has 1 aromatic rings. The van der Waals surface area contributed by atoms with Crippen LogP contribution in [-0.2, 0) is 32.5 Å². The molecule has 0 atom stereocenters. The second-order valence-electron chi connectivity index (χ2n) is 2.15. The molecule has 2 nitrogen and oxygen atoms in total. The van der Waals surface area contributed by atoms with Crippen LogP contribution in [0.4, 0.5) is 0 Å². The van der Waals surface area contributed by atoms with Gasteiger partial charge in [0, 0.05) is 5.97 Å². The maximum atomic E-state index is 8.89. The summed E-state index contributed by atoms with van der Waals surface area (Å²) in [6.07, 6.45) is 0. The van der Waals surface area contributed by atoms with Gasteiger partial charge in [-0.1, -0.05) is 35.9 Å². The van der Waals surface area contributed by atoms with Gasteiger partial charge in [0.15, 0.2) is 0 Å². The number of aryl methyl sites for hydroxylation is 1. The molecule has 12 heavy (non-hydrogen) atoms. The Bertz CT molecular complexity index is 205. The van der Waals surface area contributed by atoms with E-state index in [-0.39, 0.29) is 27.7 Å². The molecule has 0 amide bonds. The number of hydrogen-bond donors (Lipinski definition) is 0. The minimum atomic E-state index is -1.08. The van der Waals surface area contributed by atoms with E-state index in [2.05, 4.69) is 19.1 Å². The Kier molecular flexibility index (Phi) is 10.3. The Morgan fingerprint density at radius 3 is 1.75 bits per heavy atom. The Labute approximate surface area is 93.1 Å². The molecule has 1 aromatic carbocycles. The fourth-order valence-electron chi connectivity index (χ4n) is 0.534. The molecule has 0 aliphatic carbocycles. The van der Waals surface area contributed by atoms with E-state index >= 15 is 0 Å². The van der Waals surface area contributed by atoms with Gasteiger partial charge in [-0.15, -0.1) is 0 Å². The Hall–Kier alpha value is -0.375. The first-order chi connectivity index (χ1) is 5.13. The average Bonchev–Trinajstić information content (AvgIpc) is 1.87. The number of carboxylic acid groups (broad SMARTS) is 1. The van der Waals surface area contributed by atoms with Crippen molar-refractivity contribution in [3.8, 4) is 0 Å². The molecule has 0 saturated heterocycles. The van der Waals surface area contributed by atoms with Crippen molar-refractivity contribution < 1.29 is 37.6 Å². The maximum absolute atomic E-state index is 8.89. The molecule has 61 valence electrons. The molecule has 0 bridgehead atoms. The van der Waals surface area contributed by atoms with Crippen molar-refractivity contribution in [2.75, 3.05) is 0 Å². The molecule has 1 rings (SSSR count). The molecule has 0 heterocycles. The first-order valence-electron chi connectivity index (χ1n) is 3.32. The largest absolute Gasteiger partial charge is 1.00 e. The molecule has 0 aliphatic rings. The third-order valence-corrected chi connectivity index (χ3v) is 0.940. The quantitative estimate of drug-likeness (QED) is 0.647. The van der Waals surface area contributed by atoms with Gasteiger partial charge < -0.3 is 9.90 Å². The van der Waals surface area contributed by atoms with Crippen molar-refractivity contribution in [3.63, 3.8) is 0 Å². The van der Waals surface area contributed by atoms with Crippen LogP contribution in [-0.4, -0.2) is 5.97 Å². The molecule has 0 fully saturated rings. The van der Waals surface area contributed by atoms with Crippen LogP contribution < -0.4 is 5.11 Å². The summed E-state index contributed by atoms with van der Waals surface area (Å²) >= 11 is 0. The van der Waals surface area contributed by atoms with Gasteiger partial charge in [0.05, 0.1) is 0 Å². The molecule has 0 aromatic heterocycles. The van der Waals surface area contributed by atoms with Crippen LogP contribution in [0.3, 0.4) is 0 Å². The molecule has 0 saturated carbocycles. The van der Waals surface area contributed by atoms with Crippen LogP contribution in [0, 0.1) is 6.92 Å². The van der Waals surface area contributed by atoms with Crippen molar-refractivity contribution in [1.82, 2.24) is 0 Å². The van der Waals surface area contributed by atoms with E-state index in [1.807, 2.05) is 18.2 Å². The van der Waals surface area contributed by atoms with Gasteiger partial charge in [-0.3, -0.25) is 0 Å². The Morgan fingerprint density at radius 1 is 1.25 bits per heavy atom. The van der Waals surface area contributed by atoms with Gasteiger partial charge in [-0.2, -0.15) is 0 Å². The van der Waals surface area contributed by atoms with Gasteiger partial charge in [0.1, 0.15) is 0 Å². The van der Waals surface area contributed by atoms with Crippen molar-refractivity contribution >= 4 is 5.97 Å².